The average Bonchev–Trinajstić information content (AvgIpc) is 2.18. The fourth-order valence-corrected chi connectivity index (χ4v) is 2.10. The summed E-state index contributed by atoms with van der Waals surface area (Å²) in [4.78, 5) is 11.3. The molecule has 2 N–H and O–H groups in total. The molecule has 1 saturated carbocycles. The van der Waals surface area contributed by atoms with Gasteiger partial charge in [-0.1, -0.05) is 0 Å². The molecule has 13 heavy (non-hydrogen) atoms. The monoisotopic (exact) mass is 185 g/mol. The molecule has 0 unspecified atom stereocenters. The third kappa shape index (κ3) is 2.99. The largest absolute Gasteiger partial charge is 0.396 e. The standard InChI is InChI=1S/C10H19NO2/c1-11-10(13)9-4-2-8(3-5-9)6-7-12/h8-9,12H,2-7H2,1H3,(H,11,13). The summed E-state index contributed by atoms with van der Waals surface area (Å²) in [6, 6.07) is 0. The molecule has 0 aliphatic heterocycles. The summed E-state index contributed by atoms with van der Waals surface area (Å²) in [6.07, 6.45) is 5.08. The fraction of sp³-hybridized carbons (Fsp3) is 0.900. The van der Waals surface area contributed by atoms with Crippen LogP contribution in [-0.2, 0) is 4.79 Å². The Labute approximate surface area is 79.5 Å². The predicted octanol–water partition coefficient (Wildman–Crippen LogP) is 0.921. The molecule has 3 heteroatoms. The summed E-state index contributed by atoms with van der Waals surface area (Å²) in [7, 11) is 1.70. The molecule has 0 aromatic carbocycles. The molecular formula is C10H19NO2. The SMILES string of the molecule is CNC(=O)C1CCC(CCO)CC1. The minimum atomic E-state index is 0.183. The maximum atomic E-state index is 11.3. The van der Waals surface area contributed by atoms with Gasteiger partial charge in [-0.05, 0) is 38.0 Å². The molecule has 0 atom stereocenters. The second-order valence-corrected chi connectivity index (χ2v) is 3.84. The molecule has 0 spiro atoms. The van der Waals surface area contributed by atoms with Gasteiger partial charge in [-0.25, -0.2) is 0 Å². The van der Waals surface area contributed by atoms with Crippen molar-refractivity contribution < 1.29 is 9.90 Å². The second-order valence-electron chi connectivity index (χ2n) is 3.84. The van der Waals surface area contributed by atoms with Crippen molar-refractivity contribution in [3.8, 4) is 0 Å². The molecule has 3 nitrogen and oxygen atoms in total. The van der Waals surface area contributed by atoms with Gasteiger partial charge in [0.15, 0.2) is 0 Å². The molecule has 0 radical (unpaired) electrons. The van der Waals surface area contributed by atoms with Gasteiger partial charge in [0.1, 0.15) is 0 Å². The van der Waals surface area contributed by atoms with Crippen LogP contribution in [-0.4, -0.2) is 24.7 Å². The molecule has 0 aromatic rings. The van der Waals surface area contributed by atoms with Gasteiger partial charge in [0.05, 0.1) is 0 Å². The molecule has 0 bridgehead atoms. The first kappa shape index (κ1) is 10.5. The molecule has 1 fully saturated rings. The highest BCUT2D eigenvalue weighted by atomic mass is 16.3. The predicted molar refractivity (Wildman–Crippen MR) is 51.2 cm³/mol. The van der Waals surface area contributed by atoms with Crippen molar-refractivity contribution in [3.05, 3.63) is 0 Å². The number of amides is 1. The van der Waals surface area contributed by atoms with Crippen LogP contribution in [0.3, 0.4) is 0 Å². The third-order valence-corrected chi connectivity index (χ3v) is 3.00. The van der Waals surface area contributed by atoms with Crippen LogP contribution >= 0.6 is 0 Å². The lowest BCUT2D eigenvalue weighted by Gasteiger charge is -2.26. The maximum absolute atomic E-state index is 11.3. The highest BCUT2D eigenvalue weighted by molar-refractivity contribution is 5.78. The lowest BCUT2D eigenvalue weighted by molar-refractivity contribution is -0.125. The van der Waals surface area contributed by atoms with Crippen molar-refractivity contribution in [1.82, 2.24) is 5.32 Å². The topological polar surface area (TPSA) is 49.3 Å². The first-order chi connectivity index (χ1) is 6.27. The van der Waals surface area contributed by atoms with Crippen molar-refractivity contribution in [2.24, 2.45) is 11.8 Å². The van der Waals surface area contributed by atoms with Crippen LogP contribution in [0.5, 0.6) is 0 Å². The lowest BCUT2D eigenvalue weighted by Crippen LogP contribution is -2.30. The maximum Gasteiger partial charge on any atom is 0.222 e. The minimum Gasteiger partial charge on any atom is -0.396 e. The Morgan fingerprint density at radius 1 is 1.38 bits per heavy atom. The van der Waals surface area contributed by atoms with Gasteiger partial charge in [0, 0.05) is 19.6 Å². The van der Waals surface area contributed by atoms with Gasteiger partial charge in [0.25, 0.3) is 0 Å². The van der Waals surface area contributed by atoms with E-state index in [0.717, 1.165) is 32.1 Å². The quantitative estimate of drug-likeness (QED) is 0.687. The normalized spacial score (nSPS) is 28.5. The first-order valence-corrected chi connectivity index (χ1v) is 5.10. The van der Waals surface area contributed by atoms with Gasteiger partial charge < -0.3 is 10.4 Å². The van der Waals surface area contributed by atoms with E-state index in [9.17, 15) is 4.79 Å². The molecule has 1 aliphatic rings. The van der Waals surface area contributed by atoms with E-state index in [0.29, 0.717) is 5.92 Å². The third-order valence-electron chi connectivity index (χ3n) is 3.00. The number of rotatable bonds is 3. The Hall–Kier alpha value is -0.570. The van der Waals surface area contributed by atoms with E-state index in [-0.39, 0.29) is 18.4 Å². The zero-order valence-corrected chi connectivity index (χ0v) is 8.25. The summed E-state index contributed by atoms with van der Waals surface area (Å²) in [5.41, 5.74) is 0. The van der Waals surface area contributed by atoms with Crippen LogP contribution in [0, 0.1) is 11.8 Å². The van der Waals surface area contributed by atoms with Gasteiger partial charge in [0.2, 0.25) is 5.91 Å². The van der Waals surface area contributed by atoms with E-state index in [1.54, 1.807) is 7.05 Å². The van der Waals surface area contributed by atoms with Gasteiger partial charge in [-0.3, -0.25) is 4.79 Å². The molecule has 1 aliphatic carbocycles. The highest BCUT2D eigenvalue weighted by Gasteiger charge is 2.24. The summed E-state index contributed by atoms with van der Waals surface area (Å²) < 4.78 is 0. The molecule has 1 rings (SSSR count). The van der Waals surface area contributed by atoms with Crippen LogP contribution in [0.2, 0.25) is 0 Å². The van der Waals surface area contributed by atoms with Crippen molar-refractivity contribution in [2.75, 3.05) is 13.7 Å². The smallest absolute Gasteiger partial charge is 0.222 e. The lowest BCUT2D eigenvalue weighted by atomic mass is 9.80. The molecule has 76 valence electrons. The molecular weight excluding hydrogens is 166 g/mol. The Morgan fingerprint density at radius 3 is 2.46 bits per heavy atom. The van der Waals surface area contributed by atoms with Crippen LogP contribution < -0.4 is 5.32 Å². The van der Waals surface area contributed by atoms with E-state index in [1.165, 1.54) is 0 Å². The zero-order valence-electron chi connectivity index (χ0n) is 8.25. The van der Waals surface area contributed by atoms with Crippen molar-refractivity contribution in [2.45, 2.75) is 32.1 Å². The van der Waals surface area contributed by atoms with Crippen molar-refractivity contribution in [1.29, 1.82) is 0 Å². The Balaban J connectivity index is 2.26. The molecule has 0 aromatic heterocycles. The molecule has 0 saturated heterocycles. The number of carbonyl (C=O) groups is 1. The van der Waals surface area contributed by atoms with E-state index in [2.05, 4.69) is 5.32 Å². The Morgan fingerprint density at radius 2 is 2.00 bits per heavy atom. The van der Waals surface area contributed by atoms with Crippen LogP contribution in [0.4, 0.5) is 0 Å². The summed E-state index contributed by atoms with van der Waals surface area (Å²) in [5.74, 6) is 1.05. The highest BCUT2D eigenvalue weighted by Crippen LogP contribution is 2.30. The number of nitrogens with one attached hydrogen (secondary N) is 1. The van der Waals surface area contributed by atoms with Crippen molar-refractivity contribution in [3.63, 3.8) is 0 Å². The number of aliphatic hydroxyl groups excluding tert-OH is 1. The number of hydrogen-bond acceptors (Lipinski definition) is 2. The molecule has 0 heterocycles. The van der Waals surface area contributed by atoms with E-state index in [1.807, 2.05) is 0 Å². The van der Waals surface area contributed by atoms with Gasteiger partial charge in [-0.2, -0.15) is 0 Å². The van der Waals surface area contributed by atoms with Gasteiger partial charge in [-0.15, -0.1) is 0 Å². The number of aliphatic hydroxyl groups is 1. The fourth-order valence-electron chi connectivity index (χ4n) is 2.10. The van der Waals surface area contributed by atoms with E-state index < -0.39 is 0 Å². The van der Waals surface area contributed by atoms with E-state index in [4.69, 9.17) is 5.11 Å². The summed E-state index contributed by atoms with van der Waals surface area (Å²) in [5, 5.41) is 11.5. The number of hydrogen-bond donors (Lipinski definition) is 2. The summed E-state index contributed by atoms with van der Waals surface area (Å²) in [6.45, 7) is 0.287. The Kier molecular flexibility index (Phi) is 4.22. The number of carbonyl (C=O) groups excluding carboxylic acids is 1. The first-order valence-electron chi connectivity index (χ1n) is 5.10. The Bertz CT molecular complexity index is 162. The molecule has 1 amide bonds. The average molecular weight is 185 g/mol. The van der Waals surface area contributed by atoms with Gasteiger partial charge >= 0.3 is 0 Å². The van der Waals surface area contributed by atoms with Crippen LogP contribution in [0.1, 0.15) is 32.1 Å². The van der Waals surface area contributed by atoms with E-state index >= 15 is 0 Å². The second kappa shape index (κ2) is 5.22. The minimum absolute atomic E-state index is 0.183. The van der Waals surface area contributed by atoms with Crippen LogP contribution in [0.15, 0.2) is 0 Å². The zero-order chi connectivity index (χ0) is 9.68. The van der Waals surface area contributed by atoms with Crippen LogP contribution in [0.25, 0.3) is 0 Å². The summed E-state index contributed by atoms with van der Waals surface area (Å²) >= 11 is 0. The van der Waals surface area contributed by atoms with Crippen molar-refractivity contribution >= 4 is 5.91 Å².